The Morgan fingerprint density at radius 2 is 1.86 bits per heavy atom. The summed E-state index contributed by atoms with van der Waals surface area (Å²) in [6.45, 7) is 6.16. The van der Waals surface area contributed by atoms with E-state index in [-0.39, 0.29) is 17.9 Å². The van der Waals surface area contributed by atoms with Gasteiger partial charge in [-0.2, -0.15) is 0 Å². The standard InChI is InChI=1S/C18H26N2O2/c1-6-13(2)17(21)11-14(3)18(20(4)5)15-7-9-16(10-8-15)22-12-19/h7-10,13-14,18H,6,11H2,1-5H3. The van der Waals surface area contributed by atoms with Crippen LogP contribution in [0.4, 0.5) is 0 Å². The number of nitriles is 1. The molecule has 0 aliphatic heterocycles. The van der Waals surface area contributed by atoms with Crippen LogP contribution in [0.1, 0.15) is 45.2 Å². The van der Waals surface area contributed by atoms with Crippen molar-refractivity contribution in [3.05, 3.63) is 29.8 Å². The van der Waals surface area contributed by atoms with Gasteiger partial charge in [-0.1, -0.05) is 32.9 Å². The second-order valence-electron chi connectivity index (χ2n) is 6.13. The van der Waals surface area contributed by atoms with Gasteiger partial charge in [0, 0.05) is 18.4 Å². The number of rotatable bonds is 8. The van der Waals surface area contributed by atoms with Crippen LogP contribution in [0.5, 0.6) is 5.75 Å². The van der Waals surface area contributed by atoms with E-state index in [1.54, 1.807) is 18.4 Å². The van der Waals surface area contributed by atoms with Gasteiger partial charge < -0.3 is 9.64 Å². The lowest BCUT2D eigenvalue weighted by Crippen LogP contribution is -2.28. The Kier molecular flexibility index (Phi) is 7.07. The van der Waals surface area contributed by atoms with E-state index in [1.165, 1.54) is 0 Å². The molecule has 0 amide bonds. The normalized spacial score (nSPS) is 15.0. The molecule has 0 saturated heterocycles. The fraction of sp³-hybridized carbons (Fsp3) is 0.556. The molecule has 0 fully saturated rings. The molecule has 1 aromatic rings. The first-order valence-corrected chi connectivity index (χ1v) is 7.75. The molecule has 1 rings (SSSR count). The van der Waals surface area contributed by atoms with Crippen LogP contribution < -0.4 is 4.74 Å². The fourth-order valence-corrected chi connectivity index (χ4v) is 2.78. The first-order chi connectivity index (χ1) is 10.4. The predicted molar refractivity (Wildman–Crippen MR) is 87.4 cm³/mol. The first-order valence-electron chi connectivity index (χ1n) is 7.75. The van der Waals surface area contributed by atoms with Crippen LogP contribution in [0.25, 0.3) is 0 Å². The van der Waals surface area contributed by atoms with Gasteiger partial charge in [0.05, 0.1) is 0 Å². The van der Waals surface area contributed by atoms with E-state index in [0.29, 0.717) is 18.0 Å². The van der Waals surface area contributed by atoms with Crippen molar-refractivity contribution in [1.29, 1.82) is 5.26 Å². The number of carbonyl (C=O) groups excluding carboxylic acids is 1. The van der Waals surface area contributed by atoms with Crippen LogP contribution in [0, 0.1) is 23.4 Å². The van der Waals surface area contributed by atoms with E-state index in [0.717, 1.165) is 12.0 Å². The van der Waals surface area contributed by atoms with Crippen LogP contribution in [0.15, 0.2) is 24.3 Å². The number of ether oxygens (including phenoxy) is 1. The number of carbonyl (C=O) groups is 1. The summed E-state index contributed by atoms with van der Waals surface area (Å²) in [4.78, 5) is 14.3. The molecule has 0 bridgehead atoms. The van der Waals surface area contributed by atoms with Gasteiger partial charge in [0.2, 0.25) is 0 Å². The highest BCUT2D eigenvalue weighted by Gasteiger charge is 2.25. The van der Waals surface area contributed by atoms with Crippen molar-refractivity contribution >= 4 is 5.78 Å². The molecule has 120 valence electrons. The van der Waals surface area contributed by atoms with E-state index < -0.39 is 0 Å². The Morgan fingerprint density at radius 1 is 1.27 bits per heavy atom. The Balaban J connectivity index is 2.88. The molecule has 4 heteroatoms. The molecular weight excluding hydrogens is 276 g/mol. The third-order valence-electron chi connectivity index (χ3n) is 4.17. The minimum absolute atomic E-state index is 0.122. The second-order valence-corrected chi connectivity index (χ2v) is 6.13. The van der Waals surface area contributed by atoms with Gasteiger partial charge in [-0.25, -0.2) is 0 Å². The summed E-state index contributed by atoms with van der Waals surface area (Å²) in [7, 11) is 4.04. The summed E-state index contributed by atoms with van der Waals surface area (Å²) < 4.78 is 4.81. The summed E-state index contributed by atoms with van der Waals surface area (Å²) in [6.07, 6.45) is 3.13. The highest BCUT2D eigenvalue weighted by Crippen LogP contribution is 2.31. The Bertz CT molecular complexity index is 517. The number of hydrogen-bond acceptors (Lipinski definition) is 4. The van der Waals surface area contributed by atoms with Crippen molar-refractivity contribution in [2.45, 2.75) is 39.7 Å². The van der Waals surface area contributed by atoms with Crippen molar-refractivity contribution in [1.82, 2.24) is 4.90 Å². The molecular formula is C18H26N2O2. The zero-order chi connectivity index (χ0) is 16.7. The molecule has 3 unspecified atom stereocenters. The van der Waals surface area contributed by atoms with Gasteiger partial charge in [0.15, 0.2) is 0 Å². The Hall–Kier alpha value is -1.86. The fourth-order valence-electron chi connectivity index (χ4n) is 2.78. The van der Waals surface area contributed by atoms with Crippen molar-refractivity contribution in [2.75, 3.05) is 14.1 Å². The van der Waals surface area contributed by atoms with Crippen molar-refractivity contribution in [2.24, 2.45) is 11.8 Å². The Labute approximate surface area is 133 Å². The molecule has 0 spiro atoms. The molecule has 0 heterocycles. The number of hydrogen-bond donors (Lipinski definition) is 0. The lowest BCUT2D eigenvalue weighted by molar-refractivity contribution is -0.123. The van der Waals surface area contributed by atoms with Crippen molar-refractivity contribution in [3.63, 3.8) is 0 Å². The summed E-state index contributed by atoms with van der Waals surface area (Å²) in [5.74, 6) is 1.20. The molecule has 0 aliphatic carbocycles. The summed E-state index contributed by atoms with van der Waals surface area (Å²) >= 11 is 0. The van der Waals surface area contributed by atoms with Crippen LogP contribution in [0.2, 0.25) is 0 Å². The molecule has 0 aliphatic rings. The van der Waals surface area contributed by atoms with E-state index in [1.807, 2.05) is 40.1 Å². The van der Waals surface area contributed by atoms with E-state index in [4.69, 9.17) is 10.00 Å². The van der Waals surface area contributed by atoms with E-state index in [9.17, 15) is 4.79 Å². The Morgan fingerprint density at radius 3 is 2.32 bits per heavy atom. The van der Waals surface area contributed by atoms with Gasteiger partial charge in [-0.15, -0.1) is 5.26 Å². The molecule has 0 aromatic heterocycles. The van der Waals surface area contributed by atoms with Gasteiger partial charge in [-0.3, -0.25) is 4.79 Å². The topological polar surface area (TPSA) is 53.3 Å². The lowest BCUT2D eigenvalue weighted by atomic mass is 9.86. The minimum Gasteiger partial charge on any atom is -0.388 e. The first kappa shape index (κ1) is 18.2. The largest absolute Gasteiger partial charge is 0.388 e. The van der Waals surface area contributed by atoms with Crippen molar-refractivity contribution in [3.8, 4) is 12.0 Å². The minimum atomic E-state index is 0.122. The van der Waals surface area contributed by atoms with Crippen LogP contribution >= 0.6 is 0 Å². The van der Waals surface area contributed by atoms with Crippen LogP contribution in [-0.2, 0) is 4.79 Å². The predicted octanol–water partition coefficient (Wildman–Crippen LogP) is 3.79. The lowest BCUT2D eigenvalue weighted by Gasteiger charge is -2.31. The molecule has 0 saturated carbocycles. The number of ketones is 1. The molecule has 3 atom stereocenters. The van der Waals surface area contributed by atoms with Gasteiger partial charge in [0.25, 0.3) is 6.26 Å². The molecule has 4 nitrogen and oxygen atoms in total. The van der Waals surface area contributed by atoms with Gasteiger partial charge in [-0.05, 0) is 44.1 Å². The molecule has 0 radical (unpaired) electrons. The quantitative estimate of drug-likeness (QED) is 0.686. The maximum absolute atomic E-state index is 12.2. The average Bonchev–Trinajstić information content (AvgIpc) is 2.48. The third kappa shape index (κ3) is 4.85. The monoisotopic (exact) mass is 302 g/mol. The second kappa shape index (κ2) is 8.55. The SMILES string of the molecule is CCC(C)C(=O)CC(C)C(c1ccc(OC#N)cc1)N(C)C. The van der Waals surface area contributed by atoms with Crippen LogP contribution in [0.3, 0.4) is 0 Å². The molecule has 22 heavy (non-hydrogen) atoms. The summed E-state index contributed by atoms with van der Waals surface area (Å²) in [5.41, 5.74) is 1.12. The zero-order valence-electron chi connectivity index (χ0n) is 14.2. The van der Waals surface area contributed by atoms with Crippen molar-refractivity contribution < 1.29 is 9.53 Å². The summed E-state index contributed by atoms with van der Waals surface area (Å²) in [5, 5.41) is 8.53. The van der Waals surface area contributed by atoms with Gasteiger partial charge >= 0.3 is 0 Å². The number of nitrogens with zero attached hydrogens (tertiary/aromatic N) is 2. The highest BCUT2D eigenvalue weighted by molar-refractivity contribution is 5.80. The average molecular weight is 302 g/mol. The molecule has 1 aromatic carbocycles. The molecule has 0 N–H and O–H groups in total. The van der Waals surface area contributed by atoms with Gasteiger partial charge in [0.1, 0.15) is 11.5 Å². The third-order valence-corrected chi connectivity index (χ3v) is 4.17. The number of benzene rings is 1. The van der Waals surface area contributed by atoms with E-state index >= 15 is 0 Å². The maximum atomic E-state index is 12.2. The number of Topliss-reactive ketones (excluding diaryl/α,β-unsaturated/α-hetero) is 1. The van der Waals surface area contributed by atoms with E-state index in [2.05, 4.69) is 11.8 Å². The van der Waals surface area contributed by atoms with Crippen LogP contribution in [-0.4, -0.2) is 24.8 Å². The zero-order valence-corrected chi connectivity index (χ0v) is 14.2. The summed E-state index contributed by atoms with van der Waals surface area (Å²) in [6, 6.07) is 7.66. The maximum Gasteiger partial charge on any atom is 0.292 e. The smallest absolute Gasteiger partial charge is 0.292 e. The highest BCUT2D eigenvalue weighted by atomic mass is 16.5.